The third-order valence-corrected chi connectivity index (χ3v) is 10.4. The summed E-state index contributed by atoms with van der Waals surface area (Å²) in [6.45, 7) is 1.83. The molecule has 3 aromatic rings. The standard InChI is InChI=1S/C33H38N6O7S/c1-18-13-24(38-46-18)28-35-22-11-12-47-27(22)30(36-28)45-21-15-25-29(41)37-33(32(43)44)16-20(33)7-5-3-2-4-6-8-23(31(42)39(25)17-21)34-26(40)14-19-9-10-19/h5,7,11-13,19-21,23,25H,2-4,6,8-10,14-17H2,1H3,(H,34,40)(H,37,41)(H,43,44)/b7-5-/t20-,21-,23+,25+,33-/m1/s1. The monoisotopic (exact) mass is 662 g/mol. The zero-order chi connectivity index (χ0) is 32.7. The first kappa shape index (κ1) is 31.3. The Morgan fingerprint density at radius 3 is 2.83 bits per heavy atom. The summed E-state index contributed by atoms with van der Waals surface area (Å²) in [4.78, 5) is 64.2. The van der Waals surface area contributed by atoms with Crippen molar-refractivity contribution in [3.05, 3.63) is 35.4 Å². The molecule has 0 spiro atoms. The number of aryl methyl sites for hydroxylation is 1. The molecule has 3 amide bonds. The zero-order valence-electron chi connectivity index (χ0n) is 26.1. The van der Waals surface area contributed by atoms with Crippen molar-refractivity contribution in [3.8, 4) is 17.4 Å². The third-order valence-electron chi connectivity index (χ3n) is 9.54. The molecule has 13 nitrogen and oxygen atoms in total. The molecule has 3 N–H and O–H groups in total. The van der Waals surface area contributed by atoms with E-state index in [2.05, 4.69) is 25.8 Å². The van der Waals surface area contributed by atoms with Gasteiger partial charge in [0.05, 0.1) is 12.1 Å². The van der Waals surface area contributed by atoms with Gasteiger partial charge in [-0.25, -0.2) is 9.78 Å². The van der Waals surface area contributed by atoms with Crippen LogP contribution in [0.1, 0.15) is 70.0 Å². The zero-order valence-corrected chi connectivity index (χ0v) is 27.0. The second-order valence-electron chi connectivity index (χ2n) is 13.2. The van der Waals surface area contributed by atoms with Gasteiger partial charge in [-0.05, 0) is 62.8 Å². The van der Waals surface area contributed by atoms with Crippen LogP contribution in [0.4, 0.5) is 0 Å². The van der Waals surface area contributed by atoms with Gasteiger partial charge >= 0.3 is 5.97 Å². The Morgan fingerprint density at radius 2 is 2.06 bits per heavy atom. The van der Waals surface area contributed by atoms with Gasteiger partial charge in [0.15, 0.2) is 11.5 Å². The Labute approximate surface area is 275 Å². The highest BCUT2D eigenvalue weighted by Gasteiger charge is 2.61. The van der Waals surface area contributed by atoms with Crippen LogP contribution in [0.3, 0.4) is 0 Å². The highest BCUT2D eigenvalue weighted by Crippen LogP contribution is 2.45. The second-order valence-corrected chi connectivity index (χ2v) is 14.1. The molecular weight excluding hydrogens is 624 g/mol. The van der Waals surface area contributed by atoms with E-state index in [-0.39, 0.29) is 37.1 Å². The molecule has 3 aromatic heterocycles. The topological polar surface area (TPSA) is 177 Å². The van der Waals surface area contributed by atoms with Crippen LogP contribution in [-0.2, 0) is 19.2 Å². The minimum atomic E-state index is -1.42. The molecule has 14 heteroatoms. The molecule has 4 aliphatic rings. The first-order chi connectivity index (χ1) is 22.7. The van der Waals surface area contributed by atoms with Gasteiger partial charge in [-0.1, -0.05) is 30.2 Å². The Kier molecular flexibility index (Phi) is 8.45. The molecule has 7 rings (SSSR count). The van der Waals surface area contributed by atoms with E-state index in [1.54, 1.807) is 13.0 Å². The van der Waals surface area contributed by atoms with Gasteiger partial charge in [0.25, 0.3) is 0 Å². The molecule has 1 saturated heterocycles. The summed E-state index contributed by atoms with van der Waals surface area (Å²) >= 11 is 1.41. The van der Waals surface area contributed by atoms with Crippen molar-refractivity contribution in [2.24, 2.45) is 11.8 Å². The van der Waals surface area contributed by atoms with E-state index in [0.717, 1.165) is 38.5 Å². The Balaban J connectivity index is 1.18. The molecule has 47 heavy (non-hydrogen) atoms. The summed E-state index contributed by atoms with van der Waals surface area (Å²) in [5, 5.41) is 21.8. The number of nitrogens with one attached hydrogen (secondary N) is 2. The Morgan fingerprint density at radius 1 is 1.21 bits per heavy atom. The highest BCUT2D eigenvalue weighted by molar-refractivity contribution is 7.17. The van der Waals surface area contributed by atoms with Crippen LogP contribution in [0.25, 0.3) is 21.7 Å². The summed E-state index contributed by atoms with van der Waals surface area (Å²) in [5.41, 5.74) is -0.308. The van der Waals surface area contributed by atoms with Crippen molar-refractivity contribution in [1.82, 2.24) is 30.7 Å². The van der Waals surface area contributed by atoms with E-state index >= 15 is 0 Å². The van der Waals surface area contributed by atoms with Gasteiger partial charge < -0.3 is 29.9 Å². The van der Waals surface area contributed by atoms with E-state index < -0.39 is 35.6 Å². The fourth-order valence-corrected chi connectivity index (χ4v) is 7.41. The normalized spacial score (nSPS) is 28.8. The number of fused-ring (bicyclic) bond motifs is 3. The number of ether oxygens (including phenoxy) is 1. The summed E-state index contributed by atoms with van der Waals surface area (Å²) in [6.07, 6.45) is 9.70. The fraction of sp³-hybridized carbons (Fsp3) is 0.545. The smallest absolute Gasteiger partial charge is 0.330 e. The van der Waals surface area contributed by atoms with E-state index in [1.807, 2.05) is 23.6 Å². The van der Waals surface area contributed by atoms with Gasteiger partial charge in [-0.2, -0.15) is 4.98 Å². The van der Waals surface area contributed by atoms with Crippen LogP contribution in [0.2, 0.25) is 0 Å². The maximum absolute atomic E-state index is 14.3. The number of rotatable bonds is 7. The van der Waals surface area contributed by atoms with Crippen LogP contribution in [0, 0.1) is 18.8 Å². The minimum Gasteiger partial charge on any atom is -0.479 e. The van der Waals surface area contributed by atoms with Gasteiger partial charge in [-0.3, -0.25) is 14.4 Å². The minimum absolute atomic E-state index is 0.0601. The predicted octanol–water partition coefficient (Wildman–Crippen LogP) is 3.77. The maximum Gasteiger partial charge on any atom is 0.330 e. The van der Waals surface area contributed by atoms with Gasteiger partial charge in [0.1, 0.15) is 34.2 Å². The van der Waals surface area contributed by atoms with Crippen molar-refractivity contribution < 1.29 is 33.5 Å². The number of carbonyl (C=O) groups is 4. The molecule has 0 radical (unpaired) electrons. The Bertz CT molecular complexity index is 1730. The Hall–Kier alpha value is -4.33. The highest BCUT2D eigenvalue weighted by atomic mass is 32.1. The molecule has 0 aromatic carbocycles. The molecule has 0 unspecified atom stereocenters. The van der Waals surface area contributed by atoms with Crippen molar-refractivity contribution in [1.29, 1.82) is 0 Å². The van der Waals surface area contributed by atoms with Gasteiger partial charge in [0.2, 0.25) is 23.6 Å². The van der Waals surface area contributed by atoms with Crippen LogP contribution in [-0.4, -0.2) is 79.1 Å². The number of carboxylic acids is 1. The summed E-state index contributed by atoms with van der Waals surface area (Å²) in [6, 6.07) is 1.77. The number of aliphatic carboxylic acids is 1. The van der Waals surface area contributed by atoms with Crippen LogP contribution in [0.15, 0.2) is 34.2 Å². The lowest BCUT2D eigenvalue weighted by atomic mass is 10.0. The van der Waals surface area contributed by atoms with Gasteiger partial charge in [0, 0.05) is 24.8 Å². The van der Waals surface area contributed by atoms with Crippen LogP contribution >= 0.6 is 11.3 Å². The lowest BCUT2D eigenvalue weighted by Crippen LogP contribution is -2.56. The average Bonchev–Trinajstić information content (AvgIpc) is 3.76. The quantitative estimate of drug-likeness (QED) is 0.316. The molecule has 0 bridgehead atoms. The molecule has 2 aliphatic carbocycles. The number of hydrogen-bond donors (Lipinski definition) is 3. The van der Waals surface area contributed by atoms with Crippen molar-refractivity contribution >= 4 is 45.2 Å². The summed E-state index contributed by atoms with van der Waals surface area (Å²) < 4.78 is 12.4. The fourth-order valence-electron chi connectivity index (χ4n) is 6.65. The largest absolute Gasteiger partial charge is 0.479 e. The lowest BCUT2D eigenvalue weighted by molar-refractivity contribution is -0.146. The number of allylic oxidation sites excluding steroid dienone is 1. The number of carboxylic acid groups (broad SMARTS) is 1. The van der Waals surface area contributed by atoms with Crippen molar-refractivity contribution in [2.75, 3.05) is 6.54 Å². The SMILES string of the molecule is Cc1cc(-c2nc(O[C@@H]3C[C@H]4C(=O)N[C@]5(C(=O)O)C[C@H]5/C=C\CCCCC[C@H](NC(=O)CC5CC5)C(=O)N4C3)c3sccc3n2)no1. The number of thiophene rings is 1. The molecule has 5 atom stereocenters. The third kappa shape index (κ3) is 6.60. The molecule has 248 valence electrons. The average molecular weight is 663 g/mol. The predicted molar refractivity (Wildman–Crippen MR) is 170 cm³/mol. The first-order valence-electron chi connectivity index (χ1n) is 16.4. The van der Waals surface area contributed by atoms with E-state index in [9.17, 15) is 24.3 Å². The second kappa shape index (κ2) is 12.7. The van der Waals surface area contributed by atoms with E-state index in [0.29, 0.717) is 52.1 Å². The van der Waals surface area contributed by atoms with E-state index in [4.69, 9.17) is 9.26 Å². The molecule has 3 fully saturated rings. The van der Waals surface area contributed by atoms with Gasteiger partial charge in [-0.15, -0.1) is 11.3 Å². The summed E-state index contributed by atoms with van der Waals surface area (Å²) in [5.74, 6) is -0.938. The van der Waals surface area contributed by atoms with Crippen LogP contribution < -0.4 is 15.4 Å². The molecule has 2 saturated carbocycles. The number of carbonyl (C=O) groups excluding carboxylic acids is 3. The molecule has 5 heterocycles. The van der Waals surface area contributed by atoms with Crippen LogP contribution in [0.5, 0.6) is 5.88 Å². The lowest BCUT2D eigenvalue weighted by Gasteiger charge is -2.29. The number of hydrogen-bond acceptors (Lipinski definition) is 10. The molecular formula is C33H38N6O7S. The maximum atomic E-state index is 14.3. The first-order valence-corrected chi connectivity index (χ1v) is 17.3. The molecule has 2 aliphatic heterocycles. The van der Waals surface area contributed by atoms with Crippen molar-refractivity contribution in [2.45, 2.75) is 94.9 Å². The number of nitrogens with zero attached hydrogens (tertiary/aromatic N) is 4. The number of aromatic nitrogens is 3. The van der Waals surface area contributed by atoms with Crippen molar-refractivity contribution in [3.63, 3.8) is 0 Å². The number of amides is 3. The van der Waals surface area contributed by atoms with E-state index in [1.165, 1.54) is 16.2 Å². The summed E-state index contributed by atoms with van der Waals surface area (Å²) in [7, 11) is 0.